The van der Waals surface area contributed by atoms with Crippen LogP contribution >= 0.6 is 0 Å². The first-order valence-corrected chi connectivity index (χ1v) is 8.52. The van der Waals surface area contributed by atoms with Crippen molar-refractivity contribution in [3.05, 3.63) is 24.0 Å². The summed E-state index contributed by atoms with van der Waals surface area (Å²) in [5.74, 6) is 1.99. The molecule has 1 amide bonds. The van der Waals surface area contributed by atoms with E-state index in [4.69, 9.17) is 10.5 Å². The minimum atomic E-state index is -0.541. The van der Waals surface area contributed by atoms with Gasteiger partial charge in [0.25, 0.3) is 0 Å². The Morgan fingerprint density at radius 3 is 2.84 bits per heavy atom. The van der Waals surface area contributed by atoms with E-state index in [1.54, 1.807) is 30.0 Å². The number of nitrogens with zero attached hydrogens (tertiary/aromatic N) is 4. The van der Waals surface area contributed by atoms with Crippen molar-refractivity contribution in [2.24, 2.45) is 11.7 Å². The second-order valence-corrected chi connectivity index (χ2v) is 6.84. The molecular formula is C17H24N6O2. The van der Waals surface area contributed by atoms with Crippen molar-refractivity contribution in [3.8, 4) is 11.4 Å². The molecule has 3 N–H and O–H groups in total. The Kier molecular flexibility index (Phi) is 4.98. The molecule has 0 bridgehead atoms. The molecule has 1 aromatic heterocycles. The number of benzene rings is 1. The van der Waals surface area contributed by atoms with Gasteiger partial charge in [-0.25, -0.2) is 0 Å². The van der Waals surface area contributed by atoms with Crippen LogP contribution in [-0.4, -0.2) is 39.3 Å². The second kappa shape index (κ2) is 7.18. The summed E-state index contributed by atoms with van der Waals surface area (Å²) in [5, 5.41) is 14.9. The lowest BCUT2D eigenvalue weighted by Gasteiger charge is -2.16. The lowest BCUT2D eigenvalue weighted by molar-refractivity contribution is -0.117. The van der Waals surface area contributed by atoms with Crippen molar-refractivity contribution >= 4 is 11.6 Å². The third-order valence-corrected chi connectivity index (χ3v) is 4.17. The van der Waals surface area contributed by atoms with Gasteiger partial charge < -0.3 is 15.8 Å². The van der Waals surface area contributed by atoms with Gasteiger partial charge in [-0.2, -0.15) is 4.68 Å². The van der Waals surface area contributed by atoms with Crippen LogP contribution in [0.3, 0.4) is 0 Å². The van der Waals surface area contributed by atoms with E-state index >= 15 is 0 Å². The number of hydrogen-bond donors (Lipinski definition) is 2. The number of ether oxygens (including phenoxy) is 1. The summed E-state index contributed by atoms with van der Waals surface area (Å²) >= 11 is 0. The molecule has 2 aromatic rings. The van der Waals surface area contributed by atoms with Crippen LogP contribution in [0.15, 0.2) is 18.2 Å². The maximum Gasteiger partial charge on any atom is 0.241 e. The molecular weight excluding hydrogens is 320 g/mol. The van der Waals surface area contributed by atoms with Gasteiger partial charge in [0.15, 0.2) is 5.82 Å². The molecule has 1 fully saturated rings. The molecule has 0 unspecified atom stereocenters. The molecule has 1 aliphatic carbocycles. The van der Waals surface area contributed by atoms with Gasteiger partial charge in [-0.1, -0.05) is 13.8 Å². The molecule has 1 saturated carbocycles. The van der Waals surface area contributed by atoms with Crippen molar-refractivity contribution < 1.29 is 9.53 Å². The fraction of sp³-hybridized carbons (Fsp3) is 0.529. The minimum absolute atomic E-state index is 0.205. The van der Waals surface area contributed by atoms with Gasteiger partial charge in [0, 0.05) is 11.6 Å². The lowest BCUT2D eigenvalue weighted by Crippen LogP contribution is -2.36. The fourth-order valence-electron chi connectivity index (χ4n) is 2.74. The van der Waals surface area contributed by atoms with E-state index < -0.39 is 6.04 Å². The molecule has 1 atom stereocenters. The predicted molar refractivity (Wildman–Crippen MR) is 93.7 cm³/mol. The normalized spacial score (nSPS) is 15.2. The number of hydrogen-bond acceptors (Lipinski definition) is 6. The molecule has 8 nitrogen and oxygen atoms in total. The van der Waals surface area contributed by atoms with Gasteiger partial charge in [-0.05, 0) is 53.8 Å². The van der Waals surface area contributed by atoms with E-state index in [9.17, 15) is 4.79 Å². The molecule has 25 heavy (non-hydrogen) atoms. The van der Waals surface area contributed by atoms with E-state index in [2.05, 4.69) is 20.8 Å². The summed E-state index contributed by atoms with van der Waals surface area (Å²) in [4.78, 5) is 12.3. The quantitative estimate of drug-likeness (QED) is 0.794. The zero-order chi connectivity index (χ0) is 18.0. The SMILES string of the molecule is COc1ccc(NC(=O)[C@@H](N)CC(C)C)cc1-n1nnnc1C1CC1. The average molecular weight is 344 g/mol. The summed E-state index contributed by atoms with van der Waals surface area (Å²) in [6.07, 6.45) is 2.81. The number of nitrogens with one attached hydrogen (secondary N) is 1. The van der Waals surface area contributed by atoms with Crippen LogP contribution in [0.4, 0.5) is 5.69 Å². The molecule has 134 valence electrons. The van der Waals surface area contributed by atoms with Crippen molar-refractivity contribution in [2.45, 2.75) is 45.1 Å². The Hall–Kier alpha value is -2.48. The molecule has 0 aliphatic heterocycles. The molecule has 1 aliphatic rings. The number of methoxy groups -OCH3 is 1. The summed E-state index contributed by atoms with van der Waals surface area (Å²) in [6, 6.07) is 4.84. The van der Waals surface area contributed by atoms with Crippen LogP contribution in [0, 0.1) is 5.92 Å². The molecule has 8 heteroatoms. The topological polar surface area (TPSA) is 108 Å². The van der Waals surface area contributed by atoms with Gasteiger partial charge in [0.05, 0.1) is 13.2 Å². The van der Waals surface area contributed by atoms with Crippen LogP contribution in [0.2, 0.25) is 0 Å². The first-order valence-electron chi connectivity index (χ1n) is 8.52. The van der Waals surface area contributed by atoms with Crippen molar-refractivity contribution in [2.75, 3.05) is 12.4 Å². The Morgan fingerprint density at radius 2 is 2.20 bits per heavy atom. The Labute approximate surface area is 146 Å². The summed E-state index contributed by atoms with van der Waals surface area (Å²) in [6.45, 7) is 4.07. The number of carbonyl (C=O) groups excluding carboxylic acids is 1. The standard InChI is InChI=1S/C17H24N6O2/c1-10(2)8-13(18)17(24)19-12-6-7-15(25-3)14(9-12)23-16(11-4-5-11)20-21-22-23/h6-7,9-11,13H,4-5,8,18H2,1-3H3,(H,19,24)/t13-/m0/s1. The first kappa shape index (κ1) is 17.3. The maximum atomic E-state index is 12.3. The van der Waals surface area contributed by atoms with Crippen LogP contribution in [0.5, 0.6) is 5.75 Å². The van der Waals surface area contributed by atoms with Crippen molar-refractivity contribution in [1.29, 1.82) is 0 Å². The minimum Gasteiger partial charge on any atom is -0.494 e. The van der Waals surface area contributed by atoms with E-state index in [0.717, 1.165) is 18.7 Å². The third-order valence-electron chi connectivity index (χ3n) is 4.17. The molecule has 0 radical (unpaired) electrons. The van der Waals surface area contributed by atoms with Gasteiger partial charge in [-0.3, -0.25) is 4.79 Å². The highest BCUT2D eigenvalue weighted by molar-refractivity contribution is 5.95. The largest absolute Gasteiger partial charge is 0.494 e. The molecule has 1 heterocycles. The number of carbonyl (C=O) groups is 1. The molecule has 0 spiro atoms. The summed E-state index contributed by atoms with van der Waals surface area (Å²) < 4.78 is 7.11. The summed E-state index contributed by atoms with van der Waals surface area (Å²) in [7, 11) is 1.59. The van der Waals surface area contributed by atoms with Gasteiger partial charge in [0.1, 0.15) is 11.4 Å². The zero-order valence-electron chi connectivity index (χ0n) is 14.8. The lowest BCUT2D eigenvalue weighted by atomic mass is 10.0. The van der Waals surface area contributed by atoms with E-state index in [-0.39, 0.29) is 5.91 Å². The molecule has 1 aromatic carbocycles. The van der Waals surface area contributed by atoms with E-state index in [0.29, 0.717) is 35.4 Å². The monoisotopic (exact) mass is 344 g/mol. The first-order chi connectivity index (χ1) is 12.0. The Morgan fingerprint density at radius 1 is 1.44 bits per heavy atom. The van der Waals surface area contributed by atoms with Gasteiger partial charge in [-0.15, -0.1) is 5.10 Å². The van der Waals surface area contributed by atoms with Crippen LogP contribution in [-0.2, 0) is 4.79 Å². The van der Waals surface area contributed by atoms with Gasteiger partial charge in [0.2, 0.25) is 5.91 Å². The predicted octanol–water partition coefficient (Wildman–Crippen LogP) is 1.86. The highest BCUT2D eigenvalue weighted by atomic mass is 16.5. The number of anilines is 1. The van der Waals surface area contributed by atoms with E-state index in [1.807, 2.05) is 13.8 Å². The van der Waals surface area contributed by atoms with Crippen molar-refractivity contribution in [3.63, 3.8) is 0 Å². The smallest absolute Gasteiger partial charge is 0.241 e. The zero-order valence-corrected chi connectivity index (χ0v) is 14.8. The maximum absolute atomic E-state index is 12.3. The number of nitrogens with two attached hydrogens (primary N) is 1. The number of rotatable bonds is 7. The highest BCUT2D eigenvalue weighted by Crippen LogP contribution is 2.40. The van der Waals surface area contributed by atoms with Crippen LogP contribution in [0.25, 0.3) is 5.69 Å². The highest BCUT2D eigenvalue weighted by Gasteiger charge is 2.30. The number of amides is 1. The number of aromatic nitrogens is 4. The van der Waals surface area contributed by atoms with Gasteiger partial charge >= 0.3 is 0 Å². The van der Waals surface area contributed by atoms with Crippen LogP contribution in [0.1, 0.15) is 44.9 Å². The van der Waals surface area contributed by atoms with Crippen molar-refractivity contribution in [1.82, 2.24) is 20.2 Å². The fourth-order valence-corrected chi connectivity index (χ4v) is 2.74. The van der Waals surface area contributed by atoms with E-state index in [1.165, 1.54) is 0 Å². The van der Waals surface area contributed by atoms with Crippen LogP contribution < -0.4 is 15.8 Å². The molecule has 3 rings (SSSR count). The number of tetrazole rings is 1. The Balaban J connectivity index is 1.85. The Bertz CT molecular complexity index is 753. The molecule has 0 saturated heterocycles. The average Bonchev–Trinajstić information content (AvgIpc) is 3.31. The summed E-state index contributed by atoms with van der Waals surface area (Å²) in [5.41, 5.74) is 7.29. The third kappa shape index (κ3) is 3.96. The second-order valence-electron chi connectivity index (χ2n) is 6.84.